The summed E-state index contributed by atoms with van der Waals surface area (Å²) in [5, 5.41) is 3.98. The molecule has 0 atom stereocenters. The fourth-order valence-corrected chi connectivity index (χ4v) is 2.29. The Morgan fingerprint density at radius 2 is 1.69 bits per heavy atom. The van der Waals surface area contributed by atoms with Crippen LogP contribution in [0.3, 0.4) is 0 Å². The van der Waals surface area contributed by atoms with Gasteiger partial charge in [0.25, 0.3) is 5.91 Å². The van der Waals surface area contributed by atoms with Gasteiger partial charge in [0.2, 0.25) is 0 Å². The number of nitrogens with zero attached hydrogens (tertiary/aromatic N) is 1. The molecule has 0 aliphatic heterocycles. The molecule has 5 nitrogen and oxygen atoms in total. The fourth-order valence-electron chi connectivity index (χ4n) is 2.29. The van der Waals surface area contributed by atoms with E-state index in [2.05, 4.69) is 15.3 Å². The van der Waals surface area contributed by atoms with Crippen molar-refractivity contribution in [3.05, 3.63) is 59.2 Å². The molecule has 2 aromatic rings. The van der Waals surface area contributed by atoms with Crippen molar-refractivity contribution in [1.29, 1.82) is 0 Å². The first-order chi connectivity index (χ1) is 12.3. The number of amides is 1. The molecule has 1 N–H and O–H groups in total. The predicted octanol–water partition coefficient (Wildman–Crippen LogP) is 3.82. The number of nitrogens with one attached hydrogen (secondary N) is 1. The molecule has 138 valence electrons. The van der Waals surface area contributed by atoms with Crippen LogP contribution in [0.4, 0.5) is 8.78 Å². The summed E-state index contributed by atoms with van der Waals surface area (Å²) >= 11 is 0. The average molecular weight is 362 g/mol. The number of halogens is 2. The molecule has 0 aromatic heterocycles. The van der Waals surface area contributed by atoms with Crippen LogP contribution in [-0.4, -0.2) is 24.8 Å². The van der Waals surface area contributed by atoms with Gasteiger partial charge in [0.05, 0.1) is 5.71 Å². The van der Waals surface area contributed by atoms with Crippen LogP contribution in [0.5, 0.6) is 11.5 Å². The van der Waals surface area contributed by atoms with Gasteiger partial charge >= 0.3 is 6.61 Å². The summed E-state index contributed by atoms with van der Waals surface area (Å²) < 4.78 is 34.0. The highest BCUT2D eigenvalue weighted by Crippen LogP contribution is 2.16. The van der Waals surface area contributed by atoms with E-state index in [9.17, 15) is 13.6 Å². The summed E-state index contributed by atoms with van der Waals surface area (Å²) in [7, 11) is 0. The number of aryl methyl sites for hydroxylation is 2. The monoisotopic (exact) mass is 362 g/mol. The normalized spacial score (nSPS) is 11.4. The minimum atomic E-state index is -2.87. The van der Waals surface area contributed by atoms with Gasteiger partial charge in [-0.25, -0.2) is 5.43 Å². The second-order valence-electron chi connectivity index (χ2n) is 5.75. The number of hydrazone groups is 1. The van der Waals surface area contributed by atoms with Crippen molar-refractivity contribution >= 4 is 11.6 Å². The van der Waals surface area contributed by atoms with Crippen molar-refractivity contribution in [3.63, 3.8) is 0 Å². The summed E-state index contributed by atoms with van der Waals surface area (Å²) in [6.07, 6.45) is 0. The van der Waals surface area contributed by atoms with Gasteiger partial charge in [-0.3, -0.25) is 4.79 Å². The molecule has 0 radical (unpaired) electrons. The minimum absolute atomic E-state index is 0.0578. The van der Waals surface area contributed by atoms with Gasteiger partial charge in [0.1, 0.15) is 11.5 Å². The molecule has 0 spiro atoms. The molecule has 0 bridgehead atoms. The Kier molecular flexibility index (Phi) is 6.66. The predicted molar refractivity (Wildman–Crippen MR) is 94.8 cm³/mol. The third-order valence-electron chi connectivity index (χ3n) is 3.41. The first-order valence-electron chi connectivity index (χ1n) is 7.93. The highest BCUT2D eigenvalue weighted by molar-refractivity contribution is 5.99. The van der Waals surface area contributed by atoms with Crippen LogP contribution in [0.25, 0.3) is 0 Å². The van der Waals surface area contributed by atoms with E-state index in [1.807, 2.05) is 32.0 Å². The SMILES string of the molecule is CC(=NNC(=O)COc1cc(C)cc(C)c1)c1ccc(OC(F)F)cc1. The first kappa shape index (κ1) is 19.4. The molecule has 0 fully saturated rings. The molecule has 0 aliphatic rings. The molecular formula is C19H20F2N2O3. The molecule has 0 heterocycles. The zero-order valence-corrected chi connectivity index (χ0v) is 14.8. The number of rotatable bonds is 7. The lowest BCUT2D eigenvalue weighted by Gasteiger charge is -2.08. The largest absolute Gasteiger partial charge is 0.484 e. The quantitative estimate of drug-likeness (QED) is 0.602. The second-order valence-corrected chi connectivity index (χ2v) is 5.75. The smallest absolute Gasteiger partial charge is 0.387 e. The highest BCUT2D eigenvalue weighted by atomic mass is 19.3. The number of hydrogen-bond acceptors (Lipinski definition) is 4. The molecule has 0 unspecified atom stereocenters. The average Bonchev–Trinajstić information content (AvgIpc) is 2.57. The molecule has 1 amide bonds. The van der Waals surface area contributed by atoms with Crippen molar-refractivity contribution in [2.75, 3.05) is 6.61 Å². The lowest BCUT2D eigenvalue weighted by atomic mass is 10.1. The highest BCUT2D eigenvalue weighted by Gasteiger charge is 2.06. The van der Waals surface area contributed by atoms with Crippen LogP contribution >= 0.6 is 0 Å². The Balaban J connectivity index is 1.88. The van der Waals surface area contributed by atoms with E-state index >= 15 is 0 Å². The van der Waals surface area contributed by atoms with Crippen molar-refractivity contribution in [2.45, 2.75) is 27.4 Å². The second kappa shape index (κ2) is 8.94. The Morgan fingerprint density at radius 1 is 1.08 bits per heavy atom. The summed E-state index contributed by atoms with van der Waals surface area (Å²) in [6, 6.07) is 11.7. The van der Waals surface area contributed by atoms with Crippen LogP contribution in [-0.2, 0) is 4.79 Å². The molecule has 0 saturated carbocycles. The number of benzene rings is 2. The minimum Gasteiger partial charge on any atom is -0.484 e. The summed E-state index contributed by atoms with van der Waals surface area (Å²) in [4.78, 5) is 11.9. The van der Waals surface area contributed by atoms with E-state index in [-0.39, 0.29) is 12.4 Å². The molecule has 7 heteroatoms. The zero-order chi connectivity index (χ0) is 19.1. The van der Waals surface area contributed by atoms with Gasteiger partial charge in [0, 0.05) is 0 Å². The molecule has 0 aliphatic carbocycles. The van der Waals surface area contributed by atoms with Crippen LogP contribution in [0.1, 0.15) is 23.6 Å². The van der Waals surface area contributed by atoms with Gasteiger partial charge in [-0.2, -0.15) is 13.9 Å². The lowest BCUT2D eigenvalue weighted by Crippen LogP contribution is -2.25. The van der Waals surface area contributed by atoms with Gasteiger partial charge in [-0.1, -0.05) is 6.07 Å². The van der Waals surface area contributed by atoms with Crippen LogP contribution in [0.15, 0.2) is 47.6 Å². The van der Waals surface area contributed by atoms with E-state index < -0.39 is 12.5 Å². The summed E-state index contributed by atoms with van der Waals surface area (Å²) in [5.41, 5.74) is 5.69. The number of alkyl halides is 2. The van der Waals surface area contributed by atoms with E-state index in [0.717, 1.165) is 11.1 Å². The zero-order valence-electron chi connectivity index (χ0n) is 14.8. The van der Waals surface area contributed by atoms with E-state index in [0.29, 0.717) is 17.0 Å². The van der Waals surface area contributed by atoms with Crippen molar-refractivity contribution < 1.29 is 23.0 Å². The number of carbonyl (C=O) groups excluding carboxylic acids is 1. The van der Waals surface area contributed by atoms with Crippen LogP contribution in [0.2, 0.25) is 0 Å². The maximum absolute atomic E-state index is 12.1. The van der Waals surface area contributed by atoms with E-state index in [1.165, 1.54) is 12.1 Å². The Labute approximate surface area is 150 Å². The third-order valence-corrected chi connectivity index (χ3v) is 3.41. The first-order valence-corrected chi connectivity index (χ1v) is 7.93. The van der Waals surface area contributed by atoms with Gasteiger partial charge in [0.15, 0.2) is 6.61 Å². The van der Waals surface area contributed by atoms with Gasteiger partial charge < -0.3 is 9.47 Å². The molecular weight excluding hydrogens is 342 g/mol. The Bertz CT molecular complexity index is 770. The van der Waals surface area contributed by atoms with Gasteiger partial charge in [-0.15, -0.1) is 0 Å². The van der Waals surface area contributed by atoms with Crippen molar-refractivity contribution in [2.24, 2.45) is 5.10 Å². The molecule has 2 rings (SSSR count). The maximum Gasteiger partial charge on any atom is 0.387 e. The summed E-state index contributed by atoms with van der Waals surface area (Å²) in [6.45, 7) is 2.55. The maximum atomic E-state index is 12.1. The van der Waals surface area contributed by atoms with Crippen LogP contribution < -0.4 is 14.9 Å². The Hall–Kier alpha value is -2.96. The number of carbonyl (C=O) groups is 1. The van der Waals surface area contributed by atoms with Crippen molar-refractivity contribution in [3.8, 4) is 11.5 Å². The van der Waals surface area contributed by atoms with Crippen LogP contribution in [0, 0.1) is 13.8 Å². The third kappa shape index (κ3) is 6.16. The van der Waals surface area contributed by atoms with Crippen molar-refractivity contribution in [1.82, 2.24) is 5.43 Å². The Morgan fingerprint density at radius 3 is 2.27 bits per heavy atom. The fraction of sp³-hybridized carbons (Fsp3) is 0.263. The standard InChI is InChI=1S/C19H20F2N2O3/c1-12-8-13(2)10-17(9-12)25-11-18(24)23-22-14(3)15-4-6-16(7-5-15)26-19(20)21/h4-10,19H,11H2,1-3H3,(H,23,24). The molecule has 0 saturated heterocycles. The van der Waals surface area contributed by atoms with E-state index in [1.54, 1.807) is 19.1 Å². The van der Waals surface area contributed by atoms with E-state index in [4.69, 9.17) is 4.74 Å². The van der Waals surface area contributed by atoms with Gasteiger partial charge in [-0.05, 0) is 73.9 Å². The molecule has 26 heavy (non-hydrogen) atoms. The summed E-state index contributed by atoms with van der Waals surface area (Å²) in [5.74, 6) is 0.275. The number of ether oxygens (including phenoxy) is 2. The topological polar surface area (TPSA) is 59.9 Å². The number of hydrogen-bond donors (Lipinski definition) is 1. The molecule has 2 aromatic carbocycles. The lowest BCUT2D eigenvalue weighted by molar-refractivity contribution is -0.123.